The first-order valence-corrected chi connectivity index (χ1v) is 9.01. The molecule has 2 aliphatic rings. The largest absolute Gasteiger partial charge is 0.460 e. The molecule has 0 N–H and O–H groups in total. The molecule has 0 amide bonds. The van der Waals surface area contributed by atoms with Gasteiger partial charge in [0.05, 0.1) is 18.8 Å². The van der Waals surface area contributed by atoms with Gasteiger partial charge in [0.2, 0.25) is 0 Å². The van der Waals surface area contributed by atoms with Gasteiger partial charge >= 0.3 is 5.97 Å². The molecule has 0 bridgehead atoms. The van der Waals surface area contributed by atoms with E-state index < -0.39 is 0 Å². The first kappa shape index (κ1) is 18.5. The third-order valence-corrected chi connectivity index (χ3v) is 5.19. The van der Waals surface area contributed by atoms with Crippen LogP contribution >= 0.6 is 0 Å². The number of hydrogen-bond acceptors (Lipinski definition) is 4. The van der Waals surface area contributed by atoms with Gasteiger partial charge in [0.1, 0.15) is 6.10 Å². The molecule has 132 valence electrons. The summed E-state index contributed by atoms with van der Waals surface area (Å²) in [7, 11) is 1.77. The summed E-state index contributed by atoms with van der Waals surface area (Å²) in [5, 5.41) is 0. The highest BCUT2D eigenvalue weighted by Gasteiger charge is 2.32. The van der Waals surface area contributed by atoms with E-state index in [1.54, 1.807) is 7.11 Å². The summed E-state index contributed by atoms with van der Waals surface area (Å²) in [5.74, 6) is 1.09. The van der Waals surface area contributed by atoms with Crippen molar-refractivity contribution in [2.45, 2.75) is 77.6 Å². The number of carbonyl (C=O) groups excluding carboxylic acids is 1. The van der Waals surface area contributed by atoms with E-state index in [-0.39, 0.29) is 24.3 Å². The van der Waals surface area contributed by atoms with E-state index in [9.17, 15) is 4.79 Å². The predicted molar refractivity (Wildman–Crippen MR) is 90.2 cm³/mol. The molecule has 23 heavy (non-hydrogen) atoms. The number of cyclic esters (lactones) is 1. The highest BCUT2D eigenvalue weighted by Crippen LogP contribution is 2.31. The van der Waals surface area contributed by atoms with Crippen molar-refractivity contribution >= 4 is 5.97 Å². The minimum Gasteiger partial charge on any atom is -0.460 e. The Balaban J connectivity index is 1.82. The Bertz CT molecular complexity index is 416. The molecule has 1 heterocycles. The lowest BCUT2D eigenvalue weighted by molar-refractivity contribution is -0.162. The van der Waals surface area contributed by atoms with Gasteiger partial charge < -0.3 is 14.2 Å². The maximum atomic E-state index is 11.3. The van der Waals surface area contributed by atoms with Crippen molar-refractivity contribution in [1.29, 1.82) is 0 Å². The van der Waals surface area contributed by atoms with Crippen LogP contribution in [0.3, 0.4) is 0 Å². The van der Waals surface area contributed by atoms with Crippen LogP contribution in [0.5, 0.6) is 0 Å². The van der Waals surface area contributed by atoms with Crippen LogP contribution < -0.4 is 0 Å². The lowest BCUT2D eigenvalue weighted by Gasteiger charge is -2.35. The molecule has 0 aromatic rings. The molecule has 4 heteroatoms. The van der Waals surface area contributed by atoms with Gasteiger partial charge in [-0.25, -0.2) is 0 Å². The molecule has 0 aromatic heterocycles. The second-order valence-electron chi connectivity index (χ2n) is 7.29. The van der Waals surface area contributed by atoms with Gasteiger partial charge in [0.25, 0.3) is 0 Å². The smallest absolute Gasteiger partial charge is 0.306 e. The fourth-order valence-electron chi connectivity index (χ4n) is 3.41. The van der Waals surface area contributed by atoms with Gasteiger partial charge in [0.15, 0.2) is 0 Å². The number of ether oxygens (including phenoxy) is 3. The van der Waals surface area contributed by atoms with Gasteiger partial charge in [-0.15, -0.1) is 0 Å². The standard InChI is InChI=1S/C19H32O4/c1-13(2)14(3)10-15-8-9-17(18(11-15)21-4)22-12-16-6-5-7-19(20)23-16/h10,13,15-18H,5-9,11-12H2,1-4H3/b14-10+/t15?,16?,17?,18-/m1/s1. The van der Waals surface area contributed by atoms with Crippen molar-refractivity contribution in [3.05, 3.63) is 11.6 Å². The van der Waals surface area contributed by atoms with Crippen molar-refractivity contribution in [2.24, 2.45) is 11.8 Å². The van der Waals surface area contributed by atoms with Crippen LogP contribution in [0.4, 0.5) is 0 Å². The Morgan fingerprint density at radius 3 is 2.74 bits per heavy atom. The Kier molecular flexibility index (Phi) is 7.09. The number of methoxy groups -OCH3 is 1. The minimum atomic E-state index is -0.0915. The van der Waals surface area contributed by atoms with E-state index in [1.165, 1.54) is 5.57 Å². The van der Waals surface area contributed by atoms with Crippen LogP contribution in [0.15, 0.2) is 11.6 Å². The van der Waals surface area contributed by atoms with Gasteiger partial charge in [-0.05, 0) is 50.9 Å². The van der Waals surface area contributed by atoms with E-state index in [4.69, 9.17) is 14.2 Å². The molecule has 0 spiro atoms. The molecule has 0 aromatic carbocycles. The van der Waals surface area contributed by atoms with Crippen molar-refractivity contribution in [1.82, 2.24) is 0 Å². The summed E-state index contributed by atoms with van der Waals surface area (Å²) in [4.78, 5) is 11.3. The van der Waals surface area contributed by atoms with E-state index in [2.05, 4.69) is 26.8 Å². The lowest BCUT2D eigenvalue weighted by atomic mass is 9.83. The fourth-order valence-corrected chi connectivity index (χ4v) is 3.41. The molecule has 4 nitrogen and oxygen atoms in total. The van der Waals surface area contributed by atoms with Crippen LogP contribution in [0, 0.1) is 11.8 Å². The third kappa shape index (κ3) is 5.61. The van der Waals surface area contributed by atoms with E-state index >= 15 is 0 Å². The minimum absolute atomic E-state index is 0.0745. The molecule has 2 fully saturated rings. The summed E-state index contributed by atoms with van der Waals surface area (Å²) >= 11 is 0. The Morgan fingerprint density at radius 2 is 2.09 bits per heavy atom. The monoisotopic (exact) mass is 324 g/mol. The molecular formula is C19H32O4. The highest BCUT2D eigenvalue weighted by atomic mass is 16.6. The summed E-state index contributed by atoms with van der Waals surface area (Å²) < 4.78 is 17.1. The maximum Gasteiger partial charge on any atom is 0.306 e. The van der Waals surface area contributed by atoms with Crippen molar-refractivity contribution in [3.63, 3.8) is 0 Å². The molecule has 1 aliphatic heterocycles. The molecule has 1 saturated carbocycles. The molecule has 2 rings (SSSR count). The van der Waals surface area contributed by atoms with Crippen LogP contribution in [0.1, 0.15) is 59.3 Å². The quantitative estimate of drug-likeness (QED) is 0.549. The molecule has 4 atom stereocenters. The molecule has 3 unspecified atom stereocenters. The predicted octanol–water partition coefficient (Wildman–Crippen LogP) is 3.88. The van der Waals surface area contributed by atoms with Crippen LogP contribution in [-0.2, 0) is 19.0 Å². The van der Waals surface area contributed by atoms with E-state index in [0.29, 0.717) is 24.9 Å². The average molecular weight is 324 g/mol. The average Bonchev–Trinajstić information content (AvgIpc) is 2.53. The van der Waals surface area contributed by atoms with Crippen LogP contribution in [0.2, 0.25) is 0 Å². The van der Waals surface area contributed by atoms with Gasteiger partial charge in [0, 0.05) is 13.5 Å². The normalized spacial score (nSPS) is 32.9. The lowest BCUT2D eigenvalue weighted by Crippen LogP contribution is -2.39. The summed E-state index contributed by atoms with van der Waals surface area (Å²) in [6.45, 7) is 7.19. The Labute approximate surface area is 140 Å². The molecular weight excluding hydrogens is 292 g/mol. The first-order valence-electron chi connectivity index (χ1n) is 9.01. The van der Waals surface area contributed by atoms with Gasteiger partial charge in [-0.1, -0.05) is 25.5 Å². The van der Waals surface area contributed by atoms with Crippen LogP contribution in [-0.4, -0.2) is 38.0 Å². The van der Waals surface area contributed by atoms with Gasteiger partial charge in [-0.3, -0.25) is 4.79 Å². The SMILES string of the molecule is CO[C@@H]1CC(/C=C(\C)C(C)C)CCC1OCC1CCCC(=O)O1. The fraction of sp³-hybridized carbons (Fsp3) is 0.842. The Hall–Kier alpha value is -0.870. The summed E-state index contributed by atoms with van der Waals surface area (Å²) in [6.07, 6.45) is 8.10. The second kappa shape index (κ2) is 8.84. The van der Waals surface area contributed by atoms with Gasteiger partial charge in [-0.2, -0.15) is 0 Å². The molecule has 1 saturated heterocycles. The van der Waals surface area contributed by atoms with Crippen molar-refractivity contribution in [2.75, 3.05) is 13.7 Å². The number of carbonyl (C=O) groups is 1. The van der Waals surface area contributed by atoms with Crippen molar-refractivity contribution < 1.29 is 19.0 Å². The molecule has 0 radical (unpaired) electrons. The number of hydrogen-bond donors (Lipinski definition) is 0. The first-order chi connectivity index (χ1) is 11.0. The highest BCUT2D eigenvalue weighted by molar-refractivity contribution is 5.70. The van der Waals surface area contributed by atoms with Crippen LogP contribution in [0.25, 0.3) is 0 Å². The zero-order chi connectivity index (χ0) is 16.8. The number of esters is 1. The second-order valence-corrected chi connectivity index (χ2v) is 7.29. The number of allylic oxidation sites excluding steroid dienone is 2. The van der Waals surface area contributed by atoms with E-state index in [0.717, 1.165) is 32.1 Å². The summed E-state index contributed by atoms with van der Waals surface area (Å²) in [6, 6.07) is 0. The Morgan fingerprint density at radius 1 is 1.30 bits per heavy atom. The molecule has 1 aliphatic carbocycles. The zero-order valence-electron chi connectivity index (χ0n) is 15.0. The topological polar surface area (TPSA) is 44.8 Å². The summed E-state index contributed by atoms with van der Waals surface area (Å²) in [5.41, 5.74) is 1.46. The van der Waals surface area contributed by atoms with Crippen molar-refractivity contribution in [3.8, 4) is 0 Å². The van der Waals surface area contributed by atoms with E-state index in [1.807, 2.05) is 0 Å². The zero-order valence-corrected chi connectivity index (χ0v) is 15.0. The number of rotatable bonds is 6. The third-order valence-electron chi connectivity index (χ3n) is 5.19. The maximum absolute atomic E-state index is 11.3.